The van der Waals surface area contributed by atoms with Crippen molar-refractivity contribution in [2.24, 2.45) is 5.92 Å². The van der Waals surface area contributed by atoms with Gasteiger partial charge in [0.2, 0.25) is 0 Å². The normalized spacial score (nSPS) is 19.2. The van der Waals surface area contributed by atoms with Crippen LogP contribution in [0.15, 0.2) is 24.3 Å². The third-order valence-electron chi connectivity index (χ3n) is 3.43. The van der Waals surface area contributed by atoms with Gasteiger partial charge in [-0.25, -0.2) is 0 Å². The van der Waals surface area contributed by atoms with Crippen LogP contribution in [0.1, 0.15) is 31.0 Å². The molecule has 0 saturated carbocycles. The summed E-state index contributed by atoms with van der Waals surface area (Å²) >= 11 is 11.5. The number of amides is 1. The molecule has 1 heterocycles. The first kappa shape index (κ1) is 13.7. The number of alkyl halides is 2. The van der Waals surface area contributed by atoms with Gasteiger partial charge in [-0.05, 0) is 23.5 Å². The zero-order chi connectivity index (χ0) is 13.3. The molecule has 98 valence electrons. The Morgan fingerprint density at radius 1 is 1.33 bits per heavy atom. The predicted octanol–water partition coefficient (Wildman–Crippen LogP) is 3.57. The Kier molecular flexibility index (Phi) is 4.18. The van der Waals surface area contributed by atoms with Crippen LogP contribution in [-0.4, -0.2) is 22.2 Å². The zero-order valence-corrected chi connectivity index (χ0v) is 12.1. The lowest BCUT2D eigenvalue weighted by Crippen LogP contribution is -2.44. The van der Waals surface area contributed by atoms with Gasteiger partial charge in [-0.1, -0.05) is 61.3 Å². The van der Waals surface area contributed by atoms with E-state index in [1.54, 1.807) is 0 Å². The molecule has 0 N–H and O–H groups in total. The van der Waals surface area contributed by atoms with E-state index in [-0.39, 0.29) is 11.9 Å². The van der Waals surface area contributed by atoms with Crippen molar-refractivity contribution in [1.82, 2.24) is 4.90 Å². The van der Waals surface area contributed by atoms with Crippen LogP contribution in [0.4, 0.5) is 0 Å². The average Bonchev–Trinajstić information content (AvgIpc) is 2.36. The van der Waals surface area contributed by atoms with Gasteiger partial charge in [0.15, 0.2) is 4.84 Å². The molecule has 1 aliphatic heterocycles. The highest BCUT2D eigenvalue weighted by atomic mass is 35.5. The van der Waals surface area contributed by atoms with E-state index in [4.69, 9.17) is 23.2 Å². The van der Waals surface area contributed by atoms with Gasteiger partial charge in [0.1, 0.15) is 0 Å². The number of carbonyl (C=O) groups is 1. The van der Waals surface area contributed by atoms with E-state index in [0.29, 0.717) is 12.5 Å². The van der Waals surface area contributed by atoms with E-state index in [0.717, 1.165) is 6.42 Å². The van der Waals surface area contributed by atoms with Crippen molar-refractivity contribution in [3.63, 3.8) is 0 Å². The van der Waals surface area contributed by atoms with Gasteiger partial charge in [-0.3, -0.25) is 4.79 Å². The Hall–Kier alpha value is -0.730. The van der Waals surface area contributed by atoms with Gasteiger partial charge >= 0.3 is 0 Å². The van der Waals surface area contributed by atoms with Crippen LogP contribution in [0.2, 0.25) is 0 Å². The molecule has 4 heteroatoms. The van der Waals surface area contributed by atoms with Crippen LogP contribution in [0.5, 0.6) is 0 Å². The summed E-state index contributed by atoms with van der Waals surface area (Å²) in [4.78, 5) is 12.9. The molecule has 0 spiro atoms. The summed E-state index contributed by atoms with van der Waals surface area (Å²) in [6.07, 6.45) is 0.867. The van der Waals surface area contributed by atoms with Gasteiger partial charge in [-0.15, -0.1) is 0 Å². The molecule has 0 bridgehead atoms. The molecular weight excluding hydrogens is 269 g/mol. The quantitative estimate of drug-likeness (QED) is 0.761. The Labute approximate surface area is 118 Å². The van der Waals surface area contributed by atoms with E-state index >= 15 is 0 Å². The minimum atomic E-state index is -0.975. The van der Waals surface area contributed by atoms with Crippen LogP contribution in [-0.2, 0) is 11.2 Å². The molecule has 0 fully saturated rings. The number of benzene rings is 1. The van der Waals surface area contributed by atoms with Crippen molar-refractivity contribution >= 4 is 29.1 Å². The first-order valence-electron chi connectivity index (χ1n) is 6.18. The summed E-state index contributed by atoms with van der Waals surface area (Å²) in [5, 5.41) is 0. The second-order valence-corrected chi connectivity index (χ2v) is 6.07. The lowest BCUT2D eigenvalue weighted by molar-refractivity contribution is -0.133. The fourth-order valence-corrected chi connectivity index (χ4v) is 2.94. The van der Waals surface area contributed by atoms with Crippen LogP contribution in [0.25, 0.3) is 0 Å². The zero-order valence-electron chi connectivity index (χ0n) is 10.6. The number of hydrogen-bond acceptors (Lipinski definition) is 1. The lowest BCUT2D eigenvalue weighted by Gasteiger charge is -2.40. The number of carbonyl (C=O) groups excluding carboxylic acids is 1. The summed E-state index contributed by atoms with van der Waals surface area (Å²) < 4.78 is 0. The highest BCUT2D eigenvalue weighted by Gasteiger charge is 2.34. The second kappa shape index (κ2) is 5.50. The topological polar surface area (TPSA) is 20.3 Å². The average molecular weight is 286 g/mol. The van der Waals surface area contributed by atoms with Gasteiger partial charge in [0.05, 0.1) is 6.04 Å². The molecule has 0 aromatic heterocycles. The molecule has 18 heavy (non-hydrogen) atoms. The van der Waals surface area contributed by atoms with Crippen molar-refractivity contribution < 1.29 is 4.79 Å². The smallest absolute Gasteiger partial charge is 0.256 e. The number of halogens is 2. The molecule has 0 saturated heterocycles. The fourth-order valence-electron chi connectivity index (χ4n) is 2.69. The molecule has 0 radical (unpaired) electrons. The molecule has 1 amide bonds. The Bertz CT molecular complexity index is 445. The van der Waals surface area contributed by atoms with Crippen LogP contribution >= 0.6 is 23.2 Å². The standard InChI is InChI=1S/C14H17Cl2NO/c1-9(2)12-11-6-4-3-5-10(11)7-8-17(12)14(18)13(15)16/h3-6,9,12-13H,7-8H2,1-2H3. The molecule has 1 atom stereocenters. The number of fused-ring (bicyclic) bond motifs is 1. The third-order valence-corrected chi connectivity index (χ3v) is 3.81. The van der Waals surface area contributed by atoms with Crippen molar-refractivity contribution in [2.45, 2.75) is 31.1 Å². The third kappa shape index (κ3) is 2.50. The number of rotatable bonds is 2. The van der Waals surface area contributed by atoms with Crippen LogP contribution in [0, 0.1) is 5.92 Å². The molecule has 1 aliphatic rings. The molecule has 1 aromatic rings. The first-order valence-corrected chi connectivity index (χ1v) is 7.06. The molecule has 2 rings (SSSR count). The summed E-state index contributed by atoms with van der Waals surface area (Å²) in [5.74, 6) is 0.147. The van der Waals surface area contributed by atoms with Crippen molar-refractivity contribution in [1.29, 1.82) is 0 Å². The fraction of sp³-hybridized carbons (Fsp3) is 0.500. The van der Waals surface area contributed by atoms with Gasteiger partial charge in [0, 0.05) is 6.54 Å². The van der Waals surface area contributed by atoms with Crippen molar-refractivity contribution in [3.8, 4) is 0 Å². The lowest BCUT2D eigenvalue weighted by atomic mass is 9.86. The molecule has 1 unspecified atom stereocenters. The van der Waals surface area contributed by atoms with E-state index in [9.17, 15) is 4.79 Å². The van der Waals surface area contributed by atoms with Gasteiger partial charge in [0.25, 0.3) is 5.91 Å². The predicted molar refractivity (Wildman–Crippen MR) is 74.9 cm³/mol. The van der Waals surface area contributed by atoms with Crippen LogP contribution in [0.3, 0.4) is 0 Å². The summed E-state index contributed by atoms with van der Waals surface area (Å²) in [5.41, 5.74) is 2.54. The minimum Gasteiger partial charge on any atom is -0.333 e. The van der Waals surface area contributed by atoms with E-state index < -0.39 is 4.84 Å². The molecule has 2 nitrogen and oxygen atoms in total. The number of hydrogen-bond donors (Lipinski definition) is 0. The molecule has 1 aromatic carbocycles. The SMILES string of the molecule is CC(C)C1c2ccccc2CCN1C(=O)C(Cl)Cl. The van der Waals surface area contributed by atoms with Crippen molar-refractivity contribution in [3.05, 3.63) is 35.4 Å². The first-order chi connectivity index (χ1) is 8.52. The van der Waals surface area contributed by atoms with Gasteiger partial charge in [-0.2, -0.15) is 0 Å². The summed E-state index contributed by atoms with van der Waals surface area (Å²) in [6, 6.07) is 8.35. The highest BCUT2D eigenvalue weighted by molar-refractivity contribution is 6.53. The monoisotopic (exact) mass is 285 g/mol. The van der Waals surface area contributed by atoms with E-state index in [1.165, 1.54) is 11.1 Å². The molecule has 0 aliphatic carbocycles. The number of nitrogens with zero attached hydrogens (tertiary/aromatic N) is 1. The van der Waals surface area contributed by atoms with E-state index in [1.807, 2.05) is 17.0 Å². The highest BCUT2D eigenvalue weighted by Crippen LogP contribution is 2.35. The van der Waals surface area contributed by atoms with Crippen molar-refractivity contribution in [2.75, 3.05) is 6.54 Å². The maximum atomic E-state index is 12.1. The van der Waals surface area contributed by atoms with E-state index in [2.05, 4.69) is 26.0 Å². The maximum absolute atomic E-state index is 12.1. The Balaban J connectivity index is 2.39. The largest absolute Gasteiger partial charge is 0.333 e. The summed E-state index contributed by atoms with van der Waals surface area (Å²) in [6.45, 7) is 4.92. The Morgan fingerprint density at radius 2 is 2.00 bits per heavy atom. The van der Waals surface area contributed by atoms with Gasteiger partial charge < -0.3 is 4.90 Å². The second-order valence-electron chi connectivity index (χ2n) is 4.97. The minimum absolute atomic E-state index is 0.0717. The Morgan fingerprint density at radius 3 is 2.61 bits per heavy atom. The molecular formula is C14H17Cl2NO. The maximum Gasteiger partial charge on any atom is 0.256 e. The van der Waals surface area contributed by atoms with Crippen LogP contribution < -0.4 is 0 Å². The summed E-state index contributed by atoms with van der Waals surface area (Å²) in [7, 11) is 0.